The van der Waals surface area contributed by atoms with Crippen LogP contribution in [0.3, 0.4) is 0 Å². The molecule has 0 aromatic carbocycles. The zero-order valence-corrected chi connectivity index (χ0v) is 7.45. The molecule has 0 N–H and O–H groups in total. The molecule has 0 heterocycles. The summed E-state index contributed by atoms with van der Waals surface area (Å²) in [5.41, 5.74) is 0. The lowest BCUT2D eigenvalue weighted by Gasteiger charge is -2.05. The Morgan fingerprint density at radius 2 is 2.23 bits per heavy atom. The van der Waals surface area contributed by atoms with E-state index < -0.39 is 11.9 Å². The maximum atomic E-state index is 11.3. The summed E-state index contributed by atoms with van der Waals surface area (Å²) in [5, 5.41) is 8.60. The summed E-state index contributed by atoms with van der Waals surface area (Å²) in [7, 11) is 0. The fraction of sp³-hybridized carbons (Fsp3) is 0.667. The summed E-state index contributed by atoms with van der Waals surface area (Å²) < 4.78 is 4.61. The molecule has 1 unspecified atom stereocenters. The van der Waals surface area contributed by atoms with Gasteiger partial charge in [0.05, 0.1) is 12.7 Å². The highest BCUT2D eigenvalue weighted by Crippen LogP contribution is 2.32. The Balaban J connectivity index is 2.56. The zero-order valence-electron chi connectivity index (χ0n) is 7.45. The average molecular weight is 181 g/mol. The van der Waals surface area contributed by atoms with Crippen molar-refractivity contribution in [3.8, 4) is 6.07 Å². The zero-order chi connectivity index (χ0) is 9.84. The fourth-order valence-electron chi connectivity index (χ4n) is 1.06. The Labute approximate surface area is 76.5 Å². The van der Waals surface area contributed by atoms with Gasteiger partial charge in [-0.05, 0) is 19.8 Å². The highest BCUT2D eigenvalue weighted by molar-refractivity contribution is 6.03. The molecule has 0 amide bonds. The van der Waals surface area contributed by atoms with Crippen LogP contribution in [0, 0.1) is 23.2 Å². The summed E-state index contributed by atoms with van der Waals surface area (Å²) in [6.07, 6.45) is 1.60. The number of hydrogen-bond acceptors (Lipinski definition) is 4. The number of ketones is 1. The van der Waals surface area contributed by atoms with Crippen LogP contribution < -0.4 is 0 Å². The molecule has 0 saturated heterocycles. The monoisotopic (exact) mass is 181 g/mol. The van der Waals surface area contributed by atoms with Crippen molar-refractivity contribution in [2.75, 3.05) is 6.61 Å². The van der Waals surface area contributed by atoms with E-state index in [0.717, 1.165) is 12.8 Å². The summed E-state index contributed by atoms with van der Waals surface area (Å²) >= 11 is 0. The number of carbonyl (C=O) groups excluding carboxylic acids is 2. The fourth-order valence-corrected chi connectivity index (χ4v) is 1.06. The lowest BCUT2D eigenvalue weighted by atomic mass is 10.0. The highest BCUT2D eigenvalue weighted by Gasteiger charge is 2.39. The van der Waals surface area contributed by atoms with Gasteiger partial charge in [-0.2, -0.15) is 5.26 Å². The molecule has 1 saturated carbocycles. The van der Waals surface area contributed by atoms with Crippen LogP contribution in [0.25, 0.3) is 0 Å². The molecule has 0 aliphatic heterocycles. The van der Waals surface area contributed by atoms with Gasteiger partial charge in [0, 0.05) is 5.92 Å². The standard InChI is InChI=1S/C9H11NO3/c1-2-13-9(12)7(5-10)8(11)6-3-4-6/h6-7H,2-4H2,1H3. The molecule has 1 aliphatic carbocycles. The smallest absolute Gasteiger partial charge is 0.331 e. The third kappa shape index (κ3) is 2.28. The number of nitrogens with zero attached hydrogens (tertiary/aromatic N) is 1. The molecule has 1 fully saturated rings. The number of ether oxygens (including phenoxy) is 1. The van der Waals surface area contributed by atoms with Crippen molar-refractivity contribution in [1.82, 2.24) is 0 Å². The van der Waals surface area contributed by atoms with Gasteiger partial charge in [-0.1, -0.05) is 0 Å². The van der Waals surface area contributed by atoms with Crippen molar-refractivity contribution in [1.29, 1.82) is 5.26 Å². The summed E-state index contributed by atoms with van der Waals surface area (Å²) in [4.78, 5) is 22.4. The van der Waals surface area contributed by atoms with Crippen molar-refractivity contribution >= 4 is 11.8 Å². The maximum absolute atomic E-state index is 11.3. The number of esters is 1. The van der Waals surface area contributed by atoms with Gasteiger partial charge in [-0.15, -0.1) is 0 Å². The van der Waals surface area contributed by atoms with Crippen LogP contribution in [0.2, 0.25) is 0 Å². The van der Waals surface area contributed by atoms with Gasteiger partial charge in [0.25, 0.3) is 0 Å². The molecule has 0 spiro atoms. The topological polar surface area (TPSA) is 67.2 Å². The van der Waals surface area contributed by atoms with Crippen LogP contribution >= 0.6 is 0 Å². The SMILES string of the molecule is CCOC(=O)C(C#N)C(=O)C1CC1. The van der Waals surface area contributed by atoms with E-state index in [-0.39, 0.29) is 18.3 Å². The summed E-state index contributed by atoms with van der Waals surface area (Å²) in [6, 6.07) is 1.68. The minimum atomic E-state index is -1.20. The number of nitriles is 1. The molecule has 0 bridgehead atoms. The van der Waals surface area contributed by atoms with Gasteiger partial charge in [0.1, 0.15) is 0 Å². The quantitative estimate of drug-likeness (QED) is 0.472. The molecule has 1 aliphatic rings. The van der Waals surface area contributed by atoms with E-state index in [4.69, 9.17) is 5.26 Å². The highest BCUT2D eigenvalue weighted by atomic mass is 16.5. The maximum Gasteiger partial charge on any atom is 0.331 e. The van der Waals surface area contributed by atoms with E-state index in [2.05, 4.69) is 4.74 Å². The van der Waals surface area contributed by atoms with Crippen molar-refractivity contribution in [2.24, 2.45) is 11.8 Å². The van der Waals surface area contributed by atoms with E-state index >= 15 is 0 Å². The first-order valence-corrected chi connectivity index (χ1v) is 4.30. The lowest BCUT2D eigenvalue weighted by molar-refractivity contribution is -0.149. The number of hydrogen-bond donors (Lipinski definition) is 0. The molecule has 0 aromatic heterocycles. The van der Waals surface area contributed by atoms with Gasteiger partial charge in [-0.25, -0.2) is 0 Å². The second-order valence-electron chi connectivity index (χ2n) is 2.99. The predicted molar refractivity (Wildman–Crippen MR) is 43.5 cm³/mol. The Morgan fingerprint density at radius 1 is 1.62 bits per heavy atom. The van der Waals surface area contributed by atoms with E-state index in [0.29, 0.717) is 0 Å². The number of rotatable bonds is 4. The predicted octanol–water partition coefficient (Wildman–Crippen LogP) is 0.668. The van der Waals surface area contributed by atoms with Gasteiger partial charge in [0.2, 0.25) is 5.92 Å². The van der Waals surface area contributed by atoms with E-state index in [9.17, 15) is 9.59 Å². The summed E-state index contributed by atoms with van der Waals surface area (Å²) in [6.45, 7) is 1.85. The Hall–Kier alpha value is -1.37. The van der Waals surface area contributed by atoms with Gasteiger partial charge in [-0.3, -0.25) is 9.59 Å². The minimum absolute atomic E-state index is 0.0749. The molecule has 4 nitrogen and oxygen atoms in total. The molecular weight excluding hydrogens is 170 g/mol. The second-order valence-corrected chi connectivity index (χ2v) is 2.99. The average Bonchev–Trinajstić information content (AvgIpc) is 2.88. The lowest BCUT2D eigenvalue weighted by Crippen LogP contribution is -2.25. The van der Waals surface area contributed by atoms with Gasteiger partial charge < -0.3 is 4.74 Å². The molecule has 1 rings (SSSR count). The molecule has 0 radical (unpaired) electrons. The molecular formula is C9H11NO3. The first-order chi connectivity index (χ1) is 6.20. The van der Waals surface area contributed by atoms with Crippen LogP contribution in [-0.2, 0) is 14.3 Å². The molecule has 0 aromatic rings. The molecule has 70 valence electrons. The van der Waals surface area contributed by atoms with E-state index in [1.165, 1.54) is 0 Å². The normalized spacial score (nSPS) is 17.2. The molecule has 13 heavy (non-hydrogen) atoms. The third-order valence-corrected chi connectivity index (χ3v) is 1.92. The largest absolute Gasteiger partial charge is 0.465 e. The Morgan fingerprint density at radius 3 is 2.62 bits per heavy atom. The van der Waals surface area contributed by atoms with Crippen molar-refractivity contribution in [2.45, 2.75) is 19.8 Å². The summed E-state index contributed by atoms with van der Waals surface area (Å²) in [5.74, 6) is -2.26. The first kappa shape index (κ1) is 9.72. The van der Waals surface area contributed by atoms with Crippen LogP contribution in [0.4, 0.5) is 0 Å². The van der Waals surface area contributed by atoms with E-state index in [1.807, 2.05) is 0 Å². The number of carbonyl (C=O) groups is 2. The Bertz CT molecular complexity index is 263. The van der Waals surface area contributed by atoms with Crippen molar-refractivity contribution in [3.05, 3.63) is 0 Å². The van der Waals surface area contributed by atoms with Crippen molar-refractivity contribution < 1.29 is 14.3 Å². The first-order valence-electron chi connectivity index (χ1n) is 4.30. The molecule has 1 atom stereocenters. The second kappa shape index (κ2) is 4.04. The van der Waals surface area contributed by atoms with Crippen LogP contribution in [0.15, 0.2) is 0 Å². The van der Waals surface area contributed by atoms with E-state index in [1.54, 1.807) is 13.0 Å². The minimum Gasteiger partial charge on any atom is -0.465 e. The molecule has 4 heteroatoms. The van der Waals surface area contributed by atoms with Crippen molar-refractivity contribution in [3.63, 3.8) is 0 Å². The van der Waals surface area contributed by atoms with Crippen LogP contribution in [0.5, 0.6) is 0 Å². The number of Topliss-reactive ketones (excluding diaryl/α,β-unsaturated/α-hetero) is 1. The van der Waals surface area contributed by atoms with Gasteiger partial charge >= 0.3 is 5.97 Å². The van der Waals surface area contributed by atoms with Gasteiger partial charge in [0.15, 0.2) is 5.78 Å². The van der Waals surface area contributed by atoms with Crippen LogP contribution in [-0.4, -0.2) is 18.4 Å². The van der Waals surface area contributed by atoms with Crippen LogP contribution in [0.1, 0.15) is 19.8 Å². The Kier molecular flexibility index (Phi) is 3.02. The third-order valence-electron chi connectivity index (χ3n) is 1.92.